The zero-order chi connectivity index (χ0) is 10.1. The number of guanidine groups is 2. The van der Waals surface area contributed by atoms with E-state index in [1.165, 1.54) is 7.11 Å². The van der Waals surface area contributed by atoms with Crippen molar-refractivity contribution in [2.24, 2.45) is 27.4 Å². The highest BCUT2D eigenvalue weighted by Crippen LogP contribution is 2.25. The standard InChI is InChI=1S/C7H15N5O/c1-4(2)7(13-3)11-5(8)10-6(9)12-7/h4H,1-3H3,(H5,8,9,10,11,12). The van der Waals surface area contributed by atoms with Crippen LogP contribution in [0.25, 0.3) is 0 Å². The molecule has 0 aromatic carbocycles. The molecule has 1 rings (SSSR count). The molecular formula is C7H15N5O. The summed E-state index contributed by atoms with van der Waals surface area (Å²) in [5, 5.41) is 2.60. The van der Waals surface area contributed by atoms with Crippen LogP contribution in [0.2, 0.25) is 0 Å². The highest BCUT2D eigenvalue weighted by Gasteiger charge is 2.36. The third kappa shape index (κ3) is 1.72. The summed E-state index contributed by atoms with van der Waals surface area (Å²) in [5.74, 6) is -0.456. The lowest BCUT2D eigenvalue weighted by atomic mass is 10.1. The van der Waals surface area contributed by atoms with Gasteiger partial charge in [0.25, 0.3) is 5.85 Å². The van der Waals surface area contributed by atoms with E-state index in [4.69, 9.17) is 16.2 Å². The van der Waals surface area contributed by atoms with Gasteiger partial charge < -0.3 is 16.2 Å². The summed E-state index contributed by atoms with van der Waals surface area (Å²) in [4.78, 5) is 8.15. The lowest BCUT2D eigenvalue weighted by Gasteiger charge is -2.31. The molecule has 0 radical (unpaired) electrons. The lowest BCUT2D eigenvalue weighted by Crippen LogP contribution is -2.51. The summed E-state index contributed by atoms with van der Waals surface area (Å²) >= 11 is 0. The molecule has 1 aliphatic heterocycles. The van der Waals surface area contributed by atoms with Crippen molar-refractivity contribution in [1.29, 1.82) is 0 Å². The molecule has 13 heavy (non-hydrogen) atoms. The second-order valence-corrected chi connectivity index (χ2v) is 3.14. The Morgan fingerprint density at radius 1 is 1.31 bits per heavy atom. The number of nitrogens with zero attached hydrogens (tertiary/aromatic N) is 2. The van der Waals surface area contributed by atoms with Crippen LogP contribution in [-0.4, -0.2) is 24.9 Å². The number of nitrogens with two attached hydrogens (primary N) is 2. The Kier molecular flexibility index (Phi) is 2.42. The molecule has 0 spiro atoms. The van der Waals surface area contributed by atoms with Gasteiger partial charge in [-0.15, -0.1) is 0 Å². The van der Waals surface area contributed by atoms with Crippen LogP contribution in [-0.2, 0) is 4.74 Å². The minimum atomic E-state index is -0.973. The fourth-order valence-corrected chi connectivity index (χ4v) is 1.14. The molecule has 0 aromatic heterocycles. The van der Waals surface area contributed by atoms with Crippen LogP contribution >= 0.6 is 0 Å². The van der Waals surface area contributed by atoms with Crippen molar-refractivity contribution in [2.75, 3.05) is 7.11 Å². The first-order valence-electron chi connectivity index (χ1n) is 4.03. The predicted molar refractivity (Wildman–Crippen MR) is 51.0 cm³/mol. The van der Waals surface area contributed by atoms with Gasteiger partial charge in [0.1, 0.15) is 0 Å². The summed E-state index contributed by atoms with van der Waals surface area (Å²) in [7, 11) is 1.53. The van der Waals surface area contributed by atoms with Gasteiger partial charge in [-0.25, -0.2) is 0 Å². The Labute approximate surface area is 77.1 Å². The number of ether oxygens (including phenoxy) is 1. The maximum atomic E-state index is 5.51. The fourth-order valence-electron chi connectivity index (χ4n) is 1.14. The first-order valence-corrected chi connectivity index (χ1v) is 4.03. The molecule has 0 saturated heterocycles. The molecule has 0 unspecified atom stereocenters. The zero-order valence-corrected chi connectivity index (χ0v) is 8.03. The molecule has 0 bridgehead atoms. The lowest BCUT2D eigenvalue weighted by molar-refractivity contribution is -0.0344. The van der Waals surface area contributed by atoms with Gasteiger partial charge in [-0.3, -0.25) is 5.32 Å². The van der Waals surface area contributed by atoms with Gasteiger partial charge in [0.2, 0.25) is 0 Å². The van der Waals surface area contributed by atoms with E-state index < -0.39 is 5.85 Å². The monoisotopic (exact) mass is 185 g/mol. The van der Waals surface area contributed by atoms with Crippen LogP contribution in [0.15, 0.2) is 9.98 Å². The van der Waals surface area contributed by atoms with E-state index >= 15 is 0 Å². The van der Waals surface area contributed by atoms with Crippen molar-refractivity contribution in [2.45, 2.75) is 19.7 Å². The molecule has 6 heteroatoms. The van der Waals surface area contributed by atoms with E-state index in [1.54, 1.807) is 0 Å². The molecule has 1 aliphatic rings. The average Bonchev–Trinajstić information content (AvgIpc) is 2.02. The van der Waals surface area contributed by atoms with Crippen LogP contribution in [0.3, 0.4) is 0 Å². The third-order valence-corrected chi connectivity index (χ3v) is 1.87. The van der Waals surface area contributed by atoms with Gasteiger partial charge in [-0.1, -0.05) is 13.8 Å². The van der Waals surface area contributed by atoms with Gasteiger partial charge in [0, 0.05) is 13.0 Å². The minimum absolute atomic E-state index is 0.0664. The molecular weight excluding hydrogens is 170 g/mol. The van der Waals surface area contributed by atoms with E-state index in [9.17, 15) is 0 Å². The zero-order valence-electron chi connectivity index (χ0n) is 8.03. The Morgan fingerprint density at radius 2 is 1.77 bits per heavy atom. The third-order valence-electron chi connectivity index (χ3n) is 1.87. The first kappa shape index (κ1) is 9.79. The Morgan fingerprint density at radius 3 is 2.08 bits per heavy atom. The Bertz CT molecular complexity index is 240. The highest BCUT2D eigenvalue weighted by molar-refractivity contribution is 5.98. The molecule has 0 saturated carbocycles. The summed E-state index contributed by atoms with van der Waals surface area (Å²) in [5.41, 5.74) is 11.0. The van der Waals surface area contributed by atoms with Crippen molar-refractivity contribution in [3.8, 4) is 0 Å². The number of nitrogens with one attached hydrogen (secondary N) is 1. The number of methoxy groups -OCH3 is 1. The van der Waals surface area contributed by atoms with Crippen LogP contribution in [0, 0.1) is 5.92 Å². The van der Waals surface area contributed by atoms with Crippen LogP contribution in [0.4, 0.5) is 0 Å². The summed E-state index contributed by atoms with van der Waals surface area (Å²) in [6, 6.07) is 0. The first-order chi connectivity index (χ1) is 6.00. The van der Waals surface area contributed by atoms with Crippen LogP contribution in [0.5, 0.6) is 0 Å². The van der Waals surface area contributed by atoms with Gasteiger partial charge in [0.05, 0.1) is 0 Å². The van der Waals surface area contributed by atoms with Crippen molar-refractivity contribution in [1.82, 2.24) is 5.32 Å². The van der Waals surface area contributed by atoms with Crippen molar-refractivity contribution < 1.29 is 4.74 Å². The SMILES string of the molecule is COC1(C(C)C)N=C(N)NC(N)=N1. The predicted octanol–water partition coefficient (Wildman–Crippen LogP) is -0.825. The van der Waals surface area contributed by atoms with Crippen LogP contribution in [0.1, 0.15) is 13.8 Å². The van der Waals surface area contributed by atoms with E-state index in [2.05, 4.69) is 15.3 Å². The van der Waals surface area contributed by atoms with E-state index in [0.29, 0.717) is 0 Å². The van der Waals surface area contributed by atoms with Crippen LogP contribution < -0.4 is 16.8 Å². The quantitative estimate of drug-likeness (QED) is 0.523. The van der Waals surface area contributed by atoms with Gasteiger partial charge in [-0.2, -0.15) is 9.98 Å². The van der Waals surface area contributed by atoms with Gasteiger partial charge in [0.15, 0.2) is 11.9 Å². The van der Waals surface area contributed by atoms with Gasteiger partial charge >= 0.3 is 0 Å². The minimum Gasteiger partial charge on any atom is -0.369 e. The number of rotatable bonds is 2. The fraction of sp³-hybridized carbons (Fsp3) is 0.714. The van der Waals surface area contributed by atoms with Crippen molar-refractivity contribution in [3.63, 3.8) is 0 Å². The second-order valence-electron chi connectivity index (χ2n) is 3.14. The molecule has 0 atom stereocenters. The van der Waals surface area contributed by atoms with Crippen molar-refractivity contribution in [3.05, 3.63) is 0 Å². The molecule has 0 fully saturated rings. The summed E-state index contributed by atoms with van der Waals surface area (Å²) in [6.07, 6.45) is 0. The smallest absolute Gasteiger partial charge is 0.265 e. The van der Waals surface area contributed by atoms with E-state index in [0.717, 1.165) is 0 Å². The maximum Gasteiger partial charge on any atom is 0.265 e. The molecule has 6 nitrogen and oxygen atoms in total. The summed E-state index contributed by atoms with van der Waals surface area (Å²) < 4.78 is 5.21. The molecule has 0 aliphatic carbocycles. The molecule has 0 amide bonds. The topological polar surface area (TPSA) is 98.0 Å². The van der Waals surface area contributed by atoms with Gasteiger partial charge in [-0.05, 0) is 0 Å². The summed E-state index contributed by atoms with van der Waals surface area (Å²) in [6.45, 7) is 3.87. The highest BCUT2D eigenvalue weighted by atomic mass is 16.5. The number of hydrogen-bond donors (Lipinski definition) is 3. The second kappa shape index (κ2) is 3.21. The normalized spacial score (nSPS) is 20.6. The van der Waals surface area contributed by atoms with E-state index in [-0.39, 0.29) is 17.8 Å². The largest absolute Gasteiger partial charge is 0.369 e. The van der Waals surface area contributed by atoms with E-state index in [1.807, 2.05) is 13.8 Å². The number of hydrogen-bond acceptors (Lipinski definition) is 6. The maximum absolute atomic E-state index is 5.51. The molecule has 0 aromatic rings. The average molecular weight is 185 g/mol. The molecule has 5 N–H and O–H groups in total. The van der Waals surface area contributed by atoms with Crippen molar-refractivity contribution >= 4 is 11.9 Å². The Balaban J connectivity index is 3.04. The Hall–Kier alpha value is -1.30. The molecule has 74 valence electrons. The molecule has 1 heterocycles. The number of aliphatic imine (C=N–C) groups is 2.